The topological polar surface area (TPSA) is 199 Å². The predicted octanol–water partition coefficient (Wildman–Crippen LogP) is 7.85. The van der Waals surface area contributed by atoms with Gasteiger partial charge in [0.05, 0.1) is 19.1 Å². The zero-order valence-corrected chi connectivity index (χ0v) is 35.3. The second kappa shape index (κ2) is 19.1. The number of likely N-dealkylation sites (N-methyl/N-ethyl adjacent to an activating group) is 1. The van der Waals surface area contributed by atoms with Crippen molar-refractivity contribution < 1.29 is 43.0 Å². The van der Waals surface area contributed by atoms with Crippen molar-refractivity contribution in [1.82, 2.24) is 20.2 Å². The number of nitro groups is 1. The maximum absolute atomic E-state index is 14.4. The summed E-state index contributed by atoms with van der Waals surface area (Å²) >= 11 is 13.3. The number of nitrogens with one attached hydrogen (secondary N) is 1. The maximum atomic E-state index is 14.4. The molecule has 20 heteroatoms. The van der Waals surface area contributed by atoms with E-state index in [4.69, 9.17) is 42.1 Å². The van der Waals surface area contributed by atoms with Crippen LogP contribution in [-0.2, 0) is 9.47 Å². The van der Waals surface area contributed by atoms with Crippen molar-refractivity contribution in [2.45, 2.75) is 66.1 Å². The molecule has 310 valence electrons. The predicted molar refractivity (Wildman–Crippen MR) is 216 cm³/mol. The first kappa shape index (κ1) is 45.9. The smallest absolute Gasteiger partial charge is 0.423 e. The Balaban J connectivity index is 2.18. The van der Waals surface area contributed by atoms with Crippen LogP contribution in [0.5, 0.6) is 11.5 Å². The van der Waals surface area contributed by atoms with E-state index in [0.29, 0.717) is 18.0 Å². The minimum atomic E-state index is -1.18. The highest BCUT2D eigenvalue weighted by atomic mass is 35.5. The van der Waals surface area contributed by atoms with Crippen molar-refractivity contribution in [3.05, 3.63) is 62.4 Å². The summed E-state index contributed by atoms with van der Waals surface area (Å²) in [5, 5.41) is 14.8. The molecule has 0 bridgehead atoms. The molecule has 18 nitrogen and oxygen atoms in total. The molecule has 1 aromatic heterocycles. The fourth-order valence-corrected chi connectivity index (χ4v) is 5.78. The first-order valence-electron chi connectivity index (χ1n) is 17.6. The fraction of sp³-hybridized carbons (Fsp3) is 0.459. The molecule has 0 saturated carbocycles. The van der Waals surface area contributed by atoms with Crippen LogP contribution in [0.15, 0.2) is 36.7 Å². The number of nitro benzene ring substituents is 1. The minimum absolute atomic E-state index is 0.0129. The van der Waals surface area contributed by atoms with Crippen LogP contribution >= 0.6 is 23.2 Å². The first-order chi connectivity index (χ1) is 26.5. The monoisotopic (exact) mass is 834 g/mol. The summed E-state index contributed by atoms with van der Waals surface area (Å²) in [7, 11) is 5.78. The van der Waals surface area contributed by atoms with Crippen LogP contribution in [0, 0.1) is 10.1 Å². The van der Waals surface area contributed by atoms with Gasteiger partial charge in [0, 0.05) is 43.9 Å². The third kappa shape index (κ3) is 11.8. The highest BCUT2D eigenvalue weighted by molar-refractivity contribution is 6.43. The van der Waals surface area contributed by atoms with Crippen LogP contribution in [0.4, 0.5) is 43.1 Å². The van der Waals surface area contributed by atoms with Crippen molar-refractivity contribution in [1.29, 1.82) is 0 Å². The van der Waals surface area contributed by atoms with Gasteiger partial charge in [-0.2, -0.15) is 4.90 Å². The van der Waals surface area contributed by atoms with E-state index in [-0.39, 0.29) is 50.1 Å². The van der Waals surface area contributed by atoms with Crippen LogP contribution in [0.2, 0.25) is 10.0 Å². The average molecular weight is 836 g/mol. The van der Waals surface area contributed by atoms with Gasteiger partial charge in [0.1, 0.15) is 62.1 Å². The minimum Gasteiger partial charge on any atom is -0.495 e. The number of halogens is 2. The normalized spacial score (nSPS) is 11.4. The Hall–Kier alpha value is -5.46. The number of benzene rings is 2. The number of carbonyl (C=O) groups is 4. The lowest BCUT2D eigenvalue weighted by Gasteiger charge is -2.31. The third-order valence-electron chi connectivity index (χ3n) is 7.68. The van der Waals surface area contributed by atoms with Crippen LogP contribution in [0.25, 0.3) is 0 Å². The quantitative estimate of drug-likeness (QED) is 0.129. The molecule has 2 aromatic carbocycles. The maximum Gasteiger partial charge on any atom is 0.423 e. The number of hydrogen-bond donors (Lipinski definition) is 1. The molecule has 1 heterocycles. The summed E-state index contributed by atoms with van der Waals surface area (Å²) in [6.07, 6.45) is -0.352. The molecule has 0 aliphatic carbocycles. The van der Waals surface area contributed by atoms with Gasteiger partial charge in [0.15, 0.2) is 0 Å². The van der Waals surface area contributed by atoms with Gasteiger partial charge < -0.3 is 29.2 Å². The Kier molecular flexibility index (Phi) is 15.4. The number of imide groups is 1. The molecule has 3 rings (SSSR count). The average Bonchev–Trinajstić information content (AvgIpc) is 3.11. The van der Waals surface area contributed by atoms with Gasteiger partial charge in [-0.1, -0.05) is 30.1 Å². The number of aromatic nitrogens is 2. The number of ether oxygens (including phenoxy) is 4. The molecule has 0 radical (unpaired) electrons. The van der Waals surface area contributed by atoms with Crippen LogP contribution in [0.1, 0.15) is 65.2 Å². The first-order valence-corrected chi connectivity index (χ1v) is 18.3. The molecule has 0 atom stereocenters. The zero-order chi connectivity index (χ0) is 43.0. The lowest BCUT2D eigenvalue weighted by Crippen LogP contribution is -2.48. The van der Waals surface area contributed by atoms with Gasteiger partial charge in [-0.15, -0.1) is 0 Å². The molecule has 0 unspecified atom stereocenters. The van der Waals surface area contributed by atoms with E-state index in [2.05, 4.69) is 15.3 Å². The molecule has 1 N–H and O–H groups in total. The number of urea groups is 1. The molecule has 0 fully saturated rings. The third-order valence-corrected chi connectivity index (χ3v) is 8.41. The van der Waals surface area contributed by atoms with Crippen LogP contribution in [0.3, 0.4) is 0 Å². The second-order valence-electron chi connectivity index (χ2n) is 14.5. The summed E-state index contributed by atoms with van der Waals surface area (Å²) in [6.45, 7) is 13.2. The Bertz CT molecular complexity index is 1960. The summed E-state index contributed by atoms with van der Waals surface area (Å²) in [4.78, 5) is 79.5. The van der Waals surface area contributed by atoms with Gasteiger partial charge in [-0.25, -0.2) is 29.3 Å². The molecule has 3 aromatic rings. The fourth-order valence-electron chi connectivity index (χ4n) is 5.11. The number of amides is 5. The Morgan fingerprint density at radius 1 is 0.842 bits per heavy atom. The molecule has 0 aliphatic rings. The van der Waals surface area contributed by atoms with E-state index >= 15 is 0 Å². The Morgan fingerprint density at radius 2 is 1.40 bits per heavy atom. The van der Waals surface area contributed by atoms with Gasteiger partial charge in [0.2, 0.25) is 0 Å². The molecular formula is C37H48Cl2N8O10. The summed E-state index contributed by atoms with van der Waals surface area (Å²) in [5.41, 5.74) is -3.49. The number of hydrogen-bond acceptors (Lipinski definition) is 13. The number of nitrogens with zero attached hydrogens (tertiary/aromatic N) is 7. The molecule has 0 spiro atoms. The molecule has 0 saturated heterocycles. The zero-order valence-electron chi connectivity index (χ0n) is 33.8. The highest BCUT2D eigenvalue weighted by Gasteiger charge is 2.38. The lowest BCUT2D eigenvalue weighted by atomic mass is 10.1. The van der Waals surface area contributed by atoms with Crippen molar-refractivity contribution in [2.24, 2.45) is 0 Å². The highest BCUT2D eigenvalue weighted by Crippen LogP contribution is 2.47. The Labute approximate surface area is 341 Å². The van der Waals surface area contributed by atoms with Crippen molar-refractivity contribution in [3.63, 3.8) is 0 Å². The van der Waals surface area contributed by atoms with Crippen molar-refractivity contribution in [3.8, 4) is 11.5 Å². The molecule has 57 heavy (non-hydrogen) atoms. The van der Waals surface area contributed by atoms with E-state index in [1.54, 1.807) is 41.5 Å². The van der Waals surface area contributed by atoms with Gasteiger partial charge in [0.25, 0.3) is 11.6 Å². The van der Waals surface area contributed by atoms with Crippen LogP contribution in [-0.4, -0.2) is 103 Å². The Morgan fingerprint density at radius 3 is 1.93 bits per heavy atom. The largest absolute Gasteiger partial charge is 0.495 e. The van der Waals surface area contributed by atoms with Crippen molar-refractivity contribution >= 4 is 76.0 Å². The van der Waals surface area contributed by atoms with E-state index < -0.39 is 45.9 Å². The van der Waals surface area contributed by atoms with E-state index in [0.717, 1.165) is 41.2 Å². The number of methoxy groups -OCH3 is 2. The van der Waals surface area contributed by atoms with E-state index in [1.165, 1.54) is 39.5 Å². The van der Waals surface area contributed by atoms with Gasteiger partial charge in [-0.3, -0.25) is 19.8 Å². The summed E-state index contributed by atoms with van der Waals surface area (Å²) in [5.74, 6) is -1.03. The van der Waals surface area contributed by atoms with Crippen molar-refractivity contribution in [2.75, 3.05) is 62.6 Å². The van der Waals surface area contributed by atoms with Gasteiger partial charge >= 0.3 is 18.2 Å². The molecular weight excluding hydrogens is 787 g/mol. The summed E-state index contributed by atoms with van der Waals surface area (Å²) < 4.78 is 21.9. The summed E-state index contributed by atoms with van der Waals surface area (Å²) in [6, 6.07) is 4.98. The van der Waals surface area contributed by atoms with Crippen LogP contribution < -0.4 is 29.5 Å². The van der Waals surface area contributed by atoms with E-state index in [9.17, 15) is 29.3 Å². The number of carbonyl (C=O) groups excluding carboxylic acids is 4. The second-order valence-corrected chi connectivity index (χ2v) is 15.2. The molecule has 0 aliphatic heterocycles. The lowest BCUT2D eigenvalue weighted by molar-refractivity contribution is -0.384. The van der Waals surface area contributed by atoms with E-state index in [1.807, 2.05) is 18.9 Å². The standard InChI is InChI=1S/C37H48Cl2N8O10/c1-12-16-43(8)17-15-40-32(48)22-13-14-23(24(18-22)47(52)53)45(34(50)56-36(2,3)4)28-20-27(41-21-42-28)44(9)33(49)46(35(51)57-37(5,6)7)31-29(38)25(54-10)19-26(55-11)30(31)39/h13-14,18-21H,12,15-17H2,1-11H3,(H,40,48). The molecule has 5 amide bonds. The SMILES string of the molecule is CCCN(C)CCNC(=O)c1ccc(N(C(=O)OC(C)(C)C)c2cc(N(C)C(=O)N(C(=O)OC(C)(C)C)c3c(Cl)c(OC)cc(OC)c3Cl)ncn2)c([N+](=O)[O-])c1. The number of anilines is 4. The van der Waals surface area contributed by atoms with Gasteiger partial charge in [-0.05, 0) is 73.7 Å². The number of rotatable bonds is 13.